The first kappa shape index (κ1) is 21.0. The van der Waals surface area contributed by atoms with Gasteiger partial charge in [0.2, 0.25) is 9.84 Å². The Hall–Kier alpha value is -2.26. The molecule has 0 amide bonds. The van der Waals surface area contributed by atoms with Gasteiger partial charge in [0.05, 0.1) is 16.5 Å². The molecule has 0 spiro atoms. The molecule has 0 aliphatic heterocycles. The van der Waals surface area contributed by atoms with E-state index in [1.54, 1.807) is 12.1 Å². The van der Waals surface area contributed by atoms with Gasteiger partial charge in [-0.15, -0.1) is 0 Å². The molecule has 1 heterocycles. The third kappa shape index (κ3) is 3.06. The maximum atomic E-state index is 16.3. The number of aromatic nitrogens is 1. The van der Waals surface area contributed by atoms with Gasteiger partial charge in [0.25, 0.3) is 0 Å². The van der Waals surface area contributed by atoms with Crippen molar-refractivity contribution in [2.45, 2.75) is 29.2 Å². The molecule has 4 rings (SSSR count). The zero-order chi connectivity index (χ0) is 21.7. The van der Waals surface area contributed by atoms with Crippen molar-refractivity contribution in [2.24, 2.45) is 5.92 Å². The van der Waals surface area contributed by atoms with Gasteiger partial charge < -0.3 is 9.72 Å². The van der Waals surface area contributed by atoms with Crippen molar-refractivity contribution < 1.29 is 26.7 Å². The smallest absolute Gasteiger partial charge is 0.360 e. The lowest BCUT2D eigenvalue weighted by molar-refractivity contribution is -0.152. The van der Waals surface area contributed by atoms with Crippen LogP contribution >= 0.6 is 15.9 Å². The van der Waals surface area contributed by atoms with E-state index >= 15 is 4.39 Å². The number of ether oxygens (including phenoxy) is 1. The monoisotopic (exact) mass is 497 g/mol. The average molecular weight is 498 g/mol. The molecule has 0 saturated heterocycles. The minimum atomic E-state index is -4.68. The Morgan fingerprint density at radius 3 is 2.63 bits per heavy atom. The van der Waals surface area contributed by atoms with Gasteiger partial charge in [0.1, 0.15) is 5.82 Å². The van der Waals surface area contributed by atoms with Crippen LogP contribution < -0.4 is 0 Å². The Labute approximate surface area is 180 Å². The molecular formula is C21H18BrF2NO4S. The van der Waals surface area contributed by atoms with Crippen molar-refractivity contribution in [3.8, 4) is 0 Å². The van der Waals surface area contributed by atoms with Gasteiger partial charge >= 0.3 is 11.0 Å². The highest BCUT2D eigenvalue weighted by molar-refractivity contribution is 9.10. The lowest BCUT2D eigenvalue weighted by Crippen LogP contribution is -2.51. The van der Waals surface area contributed by atoms with Gasteiger partial charge in [0, 0.05) is 22.5 Å². The Morgan fingerprint density at radius 2 is 1.97 bits per heavy atom. The van der Waals surface area contributed by atoms with Crippen LogP contribution in [-0.2, 0) is 32.2 Å². The van der Waals surface area contributed by atoms with E-state index < -0.39 is 32.5 Å². The largest absolute Gasteiger partial charge is 0.466 e. The normalized spacial score (nSPS) is 18.6. The lowest BCUT2D eigenvalue weighted by Gasteiger charge is -2.33. The number of alkyl halides is 1. The van der Waals surface area contributed by atoms with Gasteiger partial charge in [-0.3, -0.25) is 0 Å². The third-order valence-corrected chi connectivity index (χ3v) is 8.44. The quantitative estimate of drug-likeness (QED) is 0.538. The van der Waals surface area contributed by atoms with Crippen molar-refractivity contribution in [3.05, 3.63) is 64.0 Å². The molecule has 1 aliphatic carbocycles. The third-order valence-electron chi connectivity index (χ3n) is 5.66. The van der Waals surface area contributed by atoms with E-state index in [4.69, 9.17) is 0 Å². The molecule has 2 atom stereocenters. The summed E-state index contributed by atoms with van der Waals surface area (Å²) in [7, 11) is -3.71. The summed E-state index contributed by atoms with van der Waals surface area (Å²) in [4.78, 5) is 15.3. The van der Waals surface area contributed by atoms with Crippen LogP contribution in [0.2, 0.25) is 0 Å². The number of nitrogens with one attached hydrogen (secondary N) is 1. The minimum absolute atomic E-state index is 0.0269. The number of aromatic amines is 1. The van der Waals surface area contributed by atoms with Crippen molar-refractivity contribution in [2.75, 3.05) is 7.11 Å². The van der Waals surface area contributed by atoms with Crippen LogP contribution in [0.3, 0.4) is 0 Å². The van der Waals surface area contributed by atoms with Gasteiger partial charge in [-0.1, -0.05) is 18.2 Å². The van der Waals surface area contributed by atoms with Crippen LogP contribution in [-0.4, -0.2) is 31.5 Å². The second-order valence-corrected chi connectivity index (χ2v) is 10.2. The number of hydrogen-bond acceptors (Lipinski definition) is 4. The minimum Gasteiger partial charge on any atom is -0.466 e. The first-order valence-electron chi connectivity index (χ1n) is 9.25. The zero-order valence-corrected chi connectivity index (χ0v) is 18.3. The number of H-pyrrole nitrogens is 1. The van der Waals surface area contributed by atoms with E-state index in [0.29, 0.717) is 22.1 Å². The molecule has 0 saturated carbocycles. The van der Waals surface area contributed by atoms with Crippen LogP contribution in [0.4, 0.5) is 8.78 Å². The molecule has 1 N–H and O–H groups in total. The van der Waals surface area contributed by atoms with Crippen molar-refractivity contribution in [1.82, 2.24) is 4.98 Å². The van der Waals surface area contributed by atoms with E-state index in [0.717, 1.165) is 18.1 Å². The van der Waals surface area contributed by atoms with Crippen LogP contribution in [0.5, 0.6) is 0 Å². The summed E-state index contributed by atoms with van der Waals surface area (Å²) in [5.74, 6) is -3.05. The highest BCUT2D eigenvalue weighted by Gasteiger charge is 2.59. The number of hydrogen-bond donors (Lipinski definition) is 1. The first-order chi connectivity index (χ1) is 14.2. The molecule has 3 aromatic rings. The highest BCUT2D eigenvalue weighted by atomic mass is 79.9. The van der Waals surface area contributed by atoms with E-state index in [2.05, 4.69) is 25.7 Å². The van der Waals surface area contributed by atoms with E-state index in [1.165, 1.54) is 30.3 Å². The zero-order valence-electron chi connectivity index (χ0n) is 15.9. The number of aryl methyl sites for hydroxylation is 1. The summed E-state index contributed by atoms with van der Waals surface area (Å²) in [6, 6.07) is 10.0. The van der Waals surface area contributed by atoms with Crippen molar-refractivity contribution in [3.63, 3.8) is 0 Å². The number of halogens is 3. The lowest BCUT2D eigenvalue weighted by atomic mass is 9.83. The molecule has 0 fully saturated rings. The average Bonchev–Trinajstić information content (AvgIpc) is 3.09. The number of sulfone groups is 1. The number of methoxy groups -OCH3 is 1. The van der Waals surface area contributed by atoms with E-state index in [-0.39, 0.29) is 17.7 Å². The van der Waals surface area contributed by atoms with Crippen LogP contribution in [0, 0.1) is 11.7 Å². The van der Waals surface area contributed by atoms with Crippen LogP contribution in [0.15, 0.2) is 51.8 Å². The summed E-state index contributed by atoms with van der Waals surface area (Å²) in [6.45, 7) is 0. The van der Waals surface area contributed by atoms with Gasteiger partial charge in [-0.05, 0) is 65.0 Å². The predicted molar refractivity (Wildman–Crippen MR) is 111 cm³/mol. The molecular weight excluding hydrogens is 480 g/mol. The van der Waals surface area contributed by atoms with Crippen LogP contribution in [0.25, 0.3) is 10.9 Å². The second-order valence-electron chi connectivity index (χ2n) is 7.29. The molecule has 0 radical (unpaired) electrons. The molecule has 30 heavy (non-hydrogen) atoms. The van der Waals surface area contributed by atoms with Crippen molar-refractivity contribution >= 4 is 42.6 Å². The molecule has 2 aromatic carbocycles. The molecule has 158 valence electrons. The Morgan fingerprint density at radius 1 is 1.27 bits per heavy atom. The van der Waals surface area contributed by atoms with Crippen LogP contribution in [0.1, 0.15) is 17.7 Å². The molecule has 9 heteroatoms. The fourth-order valence-corrected chi connectivity index (χ4v) is 6.29. The molecule has 5 nitrogen and oxygen atoms in total. The highest BCUT2D eigenvalue weighted by Crippen LogP contribution is 2.44. The molecule has 2 unspecified atom stereocenters. The number of carbonyl (C=O) groups excluding carboxylic acids is 1. The number of rotatable bonds is 4. The second kappa shape index (κ2) is 7.46. The fraction of sp³-hybridized carbons (Fsp3) is 0.286. The summed E-state index contributed by atoms with van der Waals surface area (Å²) in [5, 5.41) is -2.46. The fourth-order valence-electron chi connectivity index (χ4n) is 4.15. The van der Waals surface area contributed by atoms with E-state index in [9.17, 15) is 17.6 Å². The number of fused-ring (bicyclic) bond motifs is 3. The molecule has 0 bridgehead atoms. The summed E-state index contributed by atoms with van der Waals surface area (Å²) in [6.07, 6.45) is 0.429. The predicted octanol–water partition coefficient (Wildman–Crippen LogP) is 4.49. The topological polar surface area (TPSA) is 76.2 Å². The van der Waals surface area contributed by atoms with Crippen molar-refractivity contribution in [1.29, 1.82) is 0 Å². The number of carbonyl (C=O) groups is 1. The number of esters is 1. The Kier molecular flexibility index (Phi) is 5.22. The SMILES string of the molecule is COC(=O)C(F)(C1CCc2c([nH]c3cc(F)c(Br)cc23)C1)S(=O)(=O)c1ccccc1. The molecule has 1 aromatic heterocycles. The summed E-state index contributed by atoms with van der Waals surface area (Å²) < 4.78 is 61.4. The van der Waals surface area contributed by atoms with E-state index in [1.807, 2.05) is 0 Å². The standard InChI is InChI=1S/C21H18BrF2NO4S/c1-29-20(26)21(24,30(27,28)13-5-3-2-4-6-13)12-7-8-14-15-10-16(22)17(23)11-19(15)25-18(14)9-12/h2-6,10-12,25H,7-9H2,1H3. The Balaban J connectivity index is 1.80. The number of benzene rings is 2. The summed E-state index contributed by atoms with van der Waals surface area (Å²) >= 11 is 3.16. The first-order valence-corrected chi connectivity index (χ1v) is 11.5. The van der Waals surface area contributed by atoms with Gasteiger partial charge in [0.15, 0.2) is 0 Å². The van der Waals surface area contributed by atoms with Gasteiger partial charge in [-0.25, -0.2) is 22.0 Å². The molecule has 1 aliphatic rings. The maximum absolute atomic E-state index is 16.3. The maximum Gasteiger partial charge on any atom is 0.360 e. The summed E-state index contributed by atoms with van der Waals surface area (Å²) in [5.41, 5.74) is 1.99. The van der Waals surface area contributed by atoms with Gasteiger partial charge in [-0.2, -0.15) is 0 Å². The Bertz CT molecular complexity index is 1240.